The van der Waals surface area contributed by atoms with Crippen molar-refractivity contribution in [2.45, 2.75) is 64.5 Å². The van der Waals surface area contributed by atoms with Crippen molar-refractivity contribution in [1.29, 1.82) is 0 Å². The second-order valence-corrected chi connectivity index (χ2v) is 9.24. The topological polar surface area (TPSA) is 90.4 Å². The molecule has 0 radical (unpaired) electrons. The summed E-state index contributed by atoms with van der Waals surface area (Å²) in [5.41, 5.74) is 2.86. The first-order valence-corrected chi connectivity index (χ1v) is 11.9. The van der Waals surface area contributed by atoms with Crippen LogP contribution in [0.15, 0.2) is 30.5 Å². The van der Waals surface area contributed by atoms with Crippen LogP contribution in [0, 0.1) is 19.8 Å². The van der Waals surface area contributed by atoms with Crippen molar-refractivity contribution >= 4 is 17.7 Å². The molecule has 172 valence electrons. The average molecular weight is 438 g/mol. The fourth-order valence-corrected chi connectivity index (χ4v) is 4.70. The Balaban J connectivity index is 1.59. The molecule has 0 bridgehead atoms. The van der Waals surface area contributed by atoms with Crippen LogP contribution in [0.2, 0.25) is 0 Å². The lowest BCUT2D eigenvalue weighted by molar-refractivity contribution is 0.0979. The highest BCUT2D eigenvalue weighted by atomic mass is 16.3. The van der Waals surface area contributed by atoms with E-state index >= 15 is 0 Å². The minimum absolute atomic E-state index is 0.00447. The van der Waals surface area contributed by atoms with Crippen molar-refractivity contribution in [2.24, 2.45) is 5.92 Å². The molecule has 7 heteroatoms. The van der Waals surface area contributed by atoms with Gasteiger partial charge in [-0.1, -0.05) is 12.1 Å². The van der Waals surface area contributed by atoms with E-state index in [0.29, 0.717) is 24.2 Å². The number of aliphatic hydroxyl groups excluding tert-OH is 1. The minimum atomic E-state index is -0.198. The van der Waals surface area contributed by atoms with Crippen molar-refractivity contribution in [3.63, 3.8) is 0 Å². The number of benzene rings is 1. The quantitative estimate of drug-likeness (QED) is 0.641. The molecule has 1 aliphatic carbocycles. The number of nitrogens with zero attached hydrogens (tertiary/aromatic N) is 3. The predicted octanol–water partition coefficient (Wildman–Crippen LogP) is 3.46. The Bertz CT molecular complexity index is 920. The zero-order valence-corrected chi connectivity index (χ0v) is 19.2. The number of rotatable bonds is 6. The van der Waals surface area contributed by atoms with Gasteiger partial charge in [-0.05, 0) is 94.6 Å². The third kappa shape index (κ3) is 5.45. The standard InChI is InChI=1S/C25H35N5O2/c1-17-4-3-5-22(18(17)2)24(32)30(16-19-10-13-26-14-11-19)23-12-15-27-25(29-23)28-20-6-8-21(31)9-7-20/h3-5,12,15,19-21,26,31H,6-11,13-14,16H2,1-2H3,(H,27,28,29). The fraction of sp³-hybridized carbons (Fsp3) is 0.560. The Hall–Kier alpha value is -2.51. The second-order valence-electron chi connectivity index (χ2n) is 9.24. The van der Waals surface area contributed by atoms with Gasteiger partial charge >= 0.3 is 0 Å². The molecule has 1 aliphatic heterocycles. The lowest BCUT2D eigenvalue weighted by Crippen LogP contribution is -2.40. The summed E-state index contributed by atoms with van der Waals surface area (Å²) in [5.74, 6) is 1.63. The maximum absolute atomic E-state index is 13.7. The van der Waals surface area contributed by atoms with E-state index in [1.54, 1.807) is 6.20 Å². The van der Waals surface area contributed by atoms with Gasteiger partial charge in [-0.2, -0.15) is 4.98 Å². The van der Waals surface area contributed by atoms with E-state index in [1.807, 2.05) is 43.0 Å². The molecular weight excluding hydrogens is 402 g/mol. The number of aliphatic hydroxyl groups is 1. The Kier molecular flexibility index (Phi) is 7.37. The molecule has 3 N–H and O–H groups in total. The molecule has 0 unspecified atom stereocenters. The van der Waals surface area contributed by atoms with E-state index < -0.39 is 0 Å². The Morgan fingerprint density at radius 1 is 1.12 bits per heavy atom. The number of anilines is 2. The third-order valence-electron chi connectivity index (χ3n) is 6.93. The highest BCUT2D eigenvalue weighted by molar-refractivity contribution is 6.06. The summed E-state index contributed by atoms with van der Waals surface area (Å²) in [6, 6.07) is 7.98. The summed E-state index contributed by atoms with van der Waals surface area (Å²) in [5, 5.41) is 16.6. The van der Waals surface area contributed by atoms with Crippen LogP contribution >= 0.6 is 0 Å². The minimum Gasteiger partial charge on any atom is -0.393 e. The number of piperidine rings is 1. The number of hydrogen-bond acceptors (Lipinski definition) is 6. The van der Waals surface area contributed by atoms with Crippen molar-refractivity contribution < 1.29 is 9.90 Å². The number of hydrogen-bond donors (Lipinski definition) is 3. The third-order valence-corrected chi connectivity index (χ3v) is 6.93. The molecule has 1 saturated heterocycles. The van der Waals surface area contributed by atoms with E-state index in [1.165, 1.54) is 0 Å². The highest BCUT2D eigenvalue weighted by Crippen LogP contribution is 2.25. The van der Waals surface area contributed by atoms with Gasteiger partial charge < -0.3 is 15.7 Å². The van der Waals surface area contributed by atoms with Gasteiger partial charge in [-0.15, -0.1) is 0 Å². The summed E-state index contributed by atoms with van der Waals surface area (Å²) in [6.07, 6.45) is 7.03. The van der Waals surface area contributed by atoms with Crippen molar-refractivity contribution in [2.75, 3.05) is 29.9 Å². The van der Waals surface area contributed by atoms with E-state index in [2.05, 4.69) is 15.6 Å². The van der Waals surface area contributed by atoms with Crippen LogP contribution in [0.5, 0.6) is 0 Å². The molecule has 32 heavy (non-hydrogen) atoms. The van der Waals surface area contributed by atoms with Crippen LogP contribution in [0.4, 0.5) is 11.8 Å². The van der Waals surface area contributed by atoms with Crippen LogP contribution in [0.1, 0.15) is 60.0 Å². The van der Waals surface area contributed by atoms with Gasteiger partial charge in [0, 0.05) is 24.3 Å². The van der Waals surface area contributed by atoms with Gasteiger partial charge in [0.25, 0.3) is 5.91 Å². The smallest absolute Gasteiger partial charge is 0.259 e. The number of carbonyl (C=O) groups is 1. The molecule has 2 heterocycles. The molecule has 2 fully saturated rings. The lowest BCUT2D eigenvalue weighted by Gasteiger charge is -2.30. The number of aryl methyl sites for hydroxylation is 1. The van der Waals surface area contributed by atoms with E-state index in [4.69, 9.17) is 4.98 Å². The second kappa shape index (κ2) is 10.4. The maximum atomic E-state index is 13.7. The molecule has 1 aromatic carbocycles. The summed E-state index contributed by atoms with van der Waals surface area (Å²) in [6.45, 7) is 6.67. The first kappa shape index (κ1) is 22.7. The Labute approximate surface area is 190 Å². The molecule has 1 amide bonds. The van der Waals surface area contributed by atoms with Gasteiger partial charge in [0.2, 0.25) is 5.95 Å². The maximum Gasteiger partial charge on any atom is 0.259 e. The van der Waals surface area contributed by atoms with E-state index in [9.17, 15) is 9.90 Å². The summed E-state index contributed by atoms with van der Waals surface area (Å²) in [4.78, 5) is 24.7. The van der Waals surface area contributed by atoms with Crippen LogP contribution in [-0.2, 0) is 0 Å². The highest BCUT2D eigenvalue weighted by Gasteiger charge is 2.26. The average Bonchev–Trinajstić information content (AvgIpc) is 2.81. The van der Waals surface area contributed by atoms with Gasteiger partial charge in [0.15, 0.2) is 0 Å². The molecule has 7 nitrogen and oxygen atoms in total. The van der Waals surface area contributed by atoms with Crippen molar-refractivity contribution in [3.05, 3.63) is 47.2 Å². The molecule has 4 rings (SSSR count). The normalized spacial score (nSPS) is 21.8. The molecule has 0 spiro atoms. The van der Waals surface area contributed by atoms with Crippen LogP contribution in [-0.4, -0.2) is 52.8 Å². The van der Waals surface area contributed by atoms with Crippen LogP contribution in [0.3, 0.4) is 0 Å². The van der Waals surface area contributed by atoms with Crippen molar-refractivity contribution in [1.82, 2.24) is 15.3 Å². The van der Waals surface area contributed by atoms with Gasteiger partial charge in [-0.25, -0.2) is 4.98 Å². The lowest BCUT2D eigenvalue weighted by atomic mass is 9.93. The molecular formula is C25H35N5O2. The summed E-state index contributed by atoms with van der Waals surface area (Å²) < 4.78 is 0. The fourth-order valence-electron chi connectivity index (χ4n) is 4.70. The van der Waals surface area contributed by atoms with E-state index in [0.717, 1.165) is 68.3 Å². The van der Waals surface area contributed by atoms with Gasteiger partial charge in [-0.3, -0.25) is 9.69 Å². The Morgan fingerprint density at radius 2 is 1.88 bits per heavy atom. The SMILES string of the molecule is Cc1cccc(C(=O)N(CC2CCNCC2)c2ccnc(NC3CCC(O)CC3)n2)c1C. The van der Waals surface area contributed by atoms with Gasteiger partial charge in [0.1, 0.15) is 5.82 Å². The largest absolute Gasteiger partial charge is 0.393 e. The molecule has 2 aliphatic rings. The van der Waals surface area contributed by atoms with Crippen LogP contribution < -0.4 is 15.5 Å². The first-order chi connectivity index (χ1) is 15.5. The molecule has 1 saturated carbocycles. The zero-order chi connectivity index (χ0) is 22.5. The number of amides is 1. The van der Waals surface area contributed by atoms with Crippen LogP contribution in [0.25, 0.3) is 0 Å². The monoisotopic (exact) mass is 437 g/mol. The number of aromatic nitrogens is 2. The summed E-state index contributed by atoms with van der Waals surface area (Å²) >= 11 is 0. The predicted molar refractivity (Wildman–Crippen MR) is 127 cm³/mol. The summed E-state index contributed by atoms with van der Waals surface area (Å²) in [7, 11) is 0. The Morgan fingerprint density at radius 3 is 2.62 bits per heavy atom. The van der Waals surface area contributed by atoms with E-state index in [-0.39, 0.29) is 18.1 Å². The number of carbonyl (C=O) groups excluding carboxylic acids is 1. The van der Waals surface area contributed by atoms with Gasteiger partial charge in [0.05, 0.1) is 6.10 Å². The van der Waals surface area contributed by atoms with Crippen molar-refractivity contribution in [3.8, 4) is 0 Å². The molecule has 0 atom stereocenters. The number of nitrogens with one attached hydrogen (secondary N) is 2. The molecule has 2 aromatic rings. The molecule has 1 aromatic heterocycles. The zero-order valence-electron chi connectivity index (χ0n) is 19.2. The first-order valence-electron chi connectivity index (χ1n) is 11.9.